The number of nitrogens with two attached hydrogens (primary N) is 1. The largest absolute Gasteiger partial charge is 0.462 e. The van der Waals surface area contributed by atoms with Crippen molar-refractivity contribution in [3.8, 4) is 5.69 Å². The Hall–Kier alpha value is -3.10. The topological polar surface area (TPSA) is 108 Å². The summed E-state index contributed by atoms with van der Waals surface area (Å²) in [6.45, 7) is 8.80. The molecule has 0 spiro atoms. The number of hydrogen-bond acceptors (Lipinski definition) is 6. The highest BCUT2D eigenvalue weighted by atomic mass is 19.1. The number of hydrogen-bond donors (Lipinski definition) is 2. The third-order valence-electron chi connectivity index (χ3n) is 3.62. The number of anilines is 1. The summed E-state index contributed by atoms with van der Waals surface area (Å²) < 4.78 is 25.8. The minimum atomic E-state index is -0.628. The van der Waals surface area contributed by atoms with Crippen LogP contribution >= 0.6 is 0 Å². The first kappa shape index (κ1) is 21.2. The highest BCUT2D eigenvalue weighted by Crippen LogP contribution is 2.23. The van der Waals surface area contributed by atoms with Crippen molar-refractivity contribution in [2.24, 2.45) is 0 Å². The Balaban J connectivity index is 2.26. The molecule has 152 valence electrons. The van der Waals surface area contributed by atoms with E-state index in [0.717, 1.165) is 0 Å². The van der Waals surface area contributed by atoms with E-state index in [0.29, 0.717) is 11.3 Å². The molecule has 3 N–H and O–H groups in total. The van der Waals surface area contributed by atoms with Crippen LogP contribution in [0.5, 0.6) is 0 Å². The summed E-state index contributed by atoms with van der Waals surface area (Å²) >= 11 is 0. The number of carbonyl (C=O) groups excluding carboxylic acids is 2. The Labute approximate surface area is 162 Å². The van der Waals surface area contributed by atoms with Crippen LogP contribution in [0.15, 0.2) is 18.2 Å². The first-order valence-electron chi connectivity index (χ1n) is 8.80. The maximum Gasteiger partial charge on any atom is 0.407 e. The van der Waals surface area contributed by atoms with Crippen molar-refractivity contribution in [1.29, 1.82) is 0 Å². The van der Waals surface area contributed by atoms with E-state index >= 15 is 0 Å². The van der Waals surface area contributed by atoms with Gasteiger partial charge in [-0.1, -0.05) is 0 Å². The van der Waals surface area contributed by atoms with E-state index in [9.17, 15) is 14.0 Å². The van der Waals surface area contributed by atoms with Gasteiger partial charge in [-0.05, 0) is 52.3 Å². The van der Waals surface area contributed by atoms with Gasteiger partial charge in [0.2, 0.25) is 0 Å². The van der Waals surface area contributed by atoms with E-state index in [1.807, 2.05) is 0 Å². The molecule has 1 amide bonds. The van der Waals surface area contributed by atoms with Crippen LogP contribution in [0.2, 0.25) is 0 Å². The molecule has 1 aromatic heterocycles. The first-order chi connectivity index (χ1) is 13.0. The van der Waals surface area contributed by atoms with Crippen molar-refractivity contribution >= 4 is 17.9 Å². The molecule has 0 fully saturated rings. The van der Waals surface area contributed by atoms with Crippen LogP contribution in [-0.4, -0.2) is 34.1 Å². The lowest BCUT2D eigenvalue weighted by molar-refractivity contribution is 0.0513. The number of ether oxygens (including phenoxy) is 2. The second-order valence-electron chi connectivity index (χ2n) is 7.17. The molecule has 0 bridgehead atoms. The van der Waals surface area contributed by atoms with Crippen molar-refractivity contribution in [3.05, 3.63) is 40.8 Å². The molecule has 0 aliphatic rings. The number of halogens is 1. The molecule has 1 heterocycles. The SMILES string of the molecule is CCOC(=O)c1cc(-n2nc(CNC(=O)OC(C)(C)C)cc2N)c(F)cc1C. The van der Waals surface area contributed by atoms with Gasteiger partial charge in [-0.2, -0.15) is 5.10 Å². The number of amides is 1. The van der Waals surface area contributed by atoms with Crippen molar-refractivity contribution < 1.29 is 23.5 Å². The molecule has 0 unspecified atom stereocenters. The lowest BCUT2D eigenvalue weighted by Gasteiger charge is -2.19. The fraction of sp³-hybridized carbons (Fsp3) is 0.421. The molecular weight excluding hydrogens is 367 g/mol. The summed E-state index contributed by atoms with van der Waals surface area (Å²) in [5.74, 6) is -0.996. The Morgan fingerprint density at radius 3 is 2.57 bits per heavy atom. The fourth-order valence-corrected chi connectivity index (χ4v) is 2.46. The number of carbonyl (C=O) groups is 2. The molecule has 2 aromatic rings. The van der Waals surface area contributed by atoms with E-state index in [1.54, 1.807) is 34.6 Å². The Kier molecular flexibility index (Phi) is 6.27. The van der Waals surface area contributed by atoms with Gasteiger partial charge < -0.3 is 20.5 Å². The summed E-state index contributed by atoms with van der Waals surface area (Å²) in [6, 6.07) is 4.07. The number of benzene rings is 1. The predicted molar refractivity (Wildman–Crippen MR) is 102 cm³/mol. The smallest absolute Gasteiger partial charge is 0.407 e. The summed E-state index contributed by atoms with van der Waals surface area (Å²) in [6.07, 6.45) is -0.605. The molecular formula is C19H25FN4O4. The second-order valence-corrected chi connectivity index (χ2v) is 7.17. The van der Waals surface area contributed by atoms with Gasteiger partial charge in [0, 0.05) is 6.07 Å². The Morgan fingerprint density at radius 2 is 1.96 bits per heavy atom. The second kappa shape index (κ2) is 8.28. The van der Waals surface area contributed by atoms with Crippen LogP contribution in [0.1, 0.15) is 49.3 Å². The summed E-state index contributed by atoms with van der Waals surface area (Å²) in [4.78, 5) is 23.8. The van der Waals surface area contributed by atoms with E-state index in [4.69, 9.17) is 15.2 Å². The monoisotopic (exact) mass is 392 g/mol. The summed E-state index contributed by atoms with van der Waals surface area (Å²) in [7, 11) is 0. The van der Waals surface area contributed by atoms with E-state index in [-0.39, 0.29) is 30.2 Å². The lowest BCUT2D eigenvalue weighted by Crippen LogP contribution is -2.32. The van der Waals surface area contributed by atoms with Crippen LogP contribution in [0, 0.1) is 12.7 Å². The average Bonchev–Trinajstić information content (AvgIpc) is 2.92. The van der Waals surface area contributed by atoms with Gasteiger partial charge in [0.15, 0.2) is 0 Å². The van der Waals surface area contributed by atoms with Gasteiger partial charge in [-0.3, -0.25) is 0 Å². The quantitative estimate of drug-likeness (QED) is 0.757. The van der Waals surface area contributed by atoms with Crippen molar-refractivity contribution in [2.45, 2.75) is 46.8 Å². The van der Waals surface area contributed by atoms with Gasteiger partial charge in [0.1, 0.15) is 22.9 Å². The number of esters is 1. The number of rotatable bonds is 5. The van der Waals surface area contributed by atoms with Crippen LogP contribution in [0.4, 0.5) is 15.0 Å². The zero-order valence-electron chi connectivity index (χ0n) is 16.6. The molecule has 0 saturated carbocycles. The van der Waals surface area contributed by atoms with Gasteiger partial charge in [-0.25, -0.2) is 18.7 Å². The average molecular weight is 392 g/mol. The van der Waals surface area contributed by atoms with Crippen molar-refractivity contribution in [3.63, 3.8) is 0 Å². The van der Waals surface area contributed by atoms with Gasteiger partial charge in [0.25, 0.3) is 0 Å². The Bertz CT molecular complexity index is 887. The minimum absolute atomic E-state index is 0.00895. The predicted octanol–water partition coefficient (Wildman–Crippen LogP) is 3.10. The van der Waals surface area contributed by atoms with Crippen molar-refractivity contribution in [1.82, 2.24) is 15.1 Å². The number of aromatic nitrogens is 2. The van der Waals surface area contributed by atoms with Crippen LogP contribution < -0.4 is 11.1 Å². The molecule has 2 rings (SSSR count). The number of nitrogen functional groups attached to an aromatic ring is 1. The van der Waals surface area contributed by atoms with Gasteiger partial charge in [-0.15, -0.1) is 0 Å². The molecule has 1 aromatic carbocycles. The fourth-order valence-electron chi connectivity index (χ4n) is 2.46. The van der Waals surface area contributed by atoms with E-state index in [1.165, 1.54) is 22.9 Å². The first-order valence-corrected chi connectivity index (χ1v) is 8.80. The van der Waals surface area contributed by atoms with Crippen LogP contribution in [0.3, 0.4) is 0 Å². The maximum atomic E-state index is 14.5. The van der Waals surface area contributed by atoms with Crippen LogP contribution in [0.25, 0.3) is 5.69 Å². The molecule has 28 heavy (non-hydrogen) atoms. The zero-order valence-corrected chi connectivity index (χ0v) is 16.6. The van der Waals surface area contributed by atoms with Crippen LogP contribution in [-0.2, 0) is 16.0 Å². The van der Waals surface area contributed by atoms with Gasteiger partial charge >= 0.3 is 12.1 Å². The molecule has 8 nitrogen and oxygen atoms in total. The number of nitrogens with one attached hydrogen (secondary N) is 1. The van der Waals surface area contributed by atoms with E-state index in [2.05, 4.69) is 10.4 Å². The molecule has 0 aliphatic heterocycles. The third-order valence-corrected chi connectivity index (χ3v) is 3.62. The molecule has 0 atom stereocenters. The third kappa shape index (κ3) is 5.21. The lowest BCUT2D eigenvalue weighted by atomic mass is 10.1. The van der Waals surface area contributed by atoms with E-state index < -0.39 is 23.5 Å². The maximum absolute atomic E-state index is 14.5. The molecule has 0 saturated heterocycles. The molecule has 9 heteroatoms. The van der Waals surface area contributed by atoms with Crippen molar-refractivity contribution in [2.75, 3.05) is 12.3 Å². The molecule has 0 aliphatic carbocycles. The highest BCUT2D eigenvalue weighted by Gasteiger charge is 2.19. The highest BCUT2D eigenvalue weighted by molar-refractivity contribution is 5.91. The number of aryl methyl sites for hydroxylation is 1. The zero-order chi connectivity index (χ0) is 21.1. The van der Waals surface area contributed by atoms with Gasteiger partial charge in [0.05, 0.1) is 24.4 Å². The normalized spacial score (nSPS) is 11.2. The number of alkyl carbamates (subject to hydrolysis) is 1. The summed E-state index contributed by atoms with van der Waals surface area (Å²) in [5, 5.41) is 6.77. The minimum Gasteiger partial charge on any atom is -0.462 e. The Morgan fingerprint density at radius 1 is 1.29 bits per heavy atom. The molecule has 0 radical (unpaired) electrons. The number of nitrogens with zero attached hydrogens (tertiary/aromatic N) is 2. The summed E-state index contributed by atoms with van der Waals surface area (Å²) in [5.41, 5.74) is 6.40. The standard InChI is InChI=1S/C19H25FN4O4/c1-6-27-17(25)13-9-15(14(20)7-11(13)2)24-16(21)8-12(23-24)10-22-18(26)28-19(3,4)5/h7-9H,6,10,21H2,1-5H3,(H,22,26).